The Hall–Kier alpha value is -2.46. The Balaban J connectivity index is 2.21. The zero-order valence-electron chi connectivity index (χ0n) is 11.4. The summed E-state index contributed by atoms with van der Waals surface area (Å²) in [7, 11) is 0. The third kappa shape index (κ3) is 3.35. The summed E-state index contributed by atoms with van der Waals surface area (Å²) in [5.41, 5.74) is 5.93. The van der Waals surface area contributed by atoms with Gasteiger partial charge >= 0.3 is 0 Å². The third-order valence-corrected chi connectivity index (χ3v) is 3.74. The lowest BCUT2D eigenvalue weighted by atomic mass is 9.84. The van der Waals surface area contributed by atoms with Crippen LogP contribution in [0.25, 0.3) is 0 Å². The van der Waals surface area contributed by atoms with Crippen molar-refractivity contribution in [2.24, 2.45) is 11.7 Å². The lowest BCUT2D eigenvalue weighted by Crippen LogP contribution is -2.40. The highest BCUT2D eigenvalue weighted by Crippen LogP contribution is 2.28. The second-order valence-corrected chi connectivity index (χ2v) is 5.14. The van der Waals surface area contributed by atoms with Crippen LogP contribution in [0.5, 0.6) is 0 Å². The predicted octanol–water partition coefficient (Wildman–Crippen LogP) is 1.92. The maximum atomic E-state index is 12.2. The van der Waals surface area contributed by atoms with Gasteiger partial charge in [0.15, 0.2) is 0 Å². The summed E-state index contributed by atoms with van der Waals surface area (Å²) in [6.45, 7) is 0. The average molecular weight is 288 g/mol. The summed E-state index contributed by atoms with van der Waals surface area (Å²) >= 11 is 0. The zero-order valence-corrected chi connectivity index (χ0v) is 11.4. The number of carbonyl (C=O) groups excluding carboxylic acids is 1. The quantitative estimate of drug-likeness (QED) is 0.649. The van der Waals surface area contributed by atoms with Crippen molar-refractivity contribution in [2.45, 2.75) is 31.7 Å². The second-order valence-electron chi connectivity index (χ2n) is 5.14. The van der Waals surface area contributed by atoms with E-state index < -0.39 is 4.92 Å². The molecular formula is C14H16N4O3. The summed E-state index contributed by atoms with van der Waals surface area (Å²) in [6, 6.07) is 5.59. The highest BCUT2D eigenvalue weighted by atomic mass is 16.6. The molecule has 0 aromatic heterocycles. The van der Waals surface area contributed by atoms with Crippen molar-refractivity contribution in [1.29, 1.82) is 5.26 Å². The molecule has 1 aromatic carbocycles. The predicted molar refractivity (Wildman–Crippen MR) is 76.4 cm³/mol. The van der Waals surface area contributed by atoms with E-state index in [9.17, 15) is 14.9 Å². The Morgan fingerprint density at radius 2 is 2.14 bits per heavy atom. The number of nitro groups is 1. The Bertz CT molecular complexity index is 609. The van der Waals surface area contributed by atoms with Crippen LogP contribution in [0.1, 0.15) is 31.2 Å². The molecule has 0 aliphatic heterocycles. The van der Waals surface area contributed by atoms with E-state index in [1.165, 1.54) is 12.1 Å². The first kappa shape index (κ1) is 14.9. The number of benzene rings is 1. The molecule has 1 amide bonds. The van der Waals surface area contributed by atoms with E-state index in [-0.39, 0.29) is 34.8 Å². The number of hydrogen-bond acceptors (Lipinski definition) is 5. The Labute approximate surface area is 121 Å². The molecule has 7 heteroatoms. The van der Waals surface area contributed by atoms with Gasteiger partial charge in [0, 0.05) is 12.1 Å². The van der Waals surface area contributed by atoms with Crippen molar-refractivity contribution in [3.63, 3.8) is 0 Å². The van der Waals surface area contributed by atoms with Crippen molar-refractivity contribution in [1.82, 2.24) is 0 Å². The molecule has 0 radical (unpaired) electrons. The first-order valence-electron chi connectivity index (χ1n) is 6.78. The fourth-order valence-electron chi connectivity index (χ4n) is 2.57. The second kappa shape index (κ2) is 6.33. The van der Waals surface area contributed by atoms with Crippen LogP contribution in [0, 0.1) is 27.4 Å². The van der Waals surface area contributed by atoms with Gasteiger partial charge in [-0.1, -0.05) is 12.8 Å². The normalized spacial score (nSPS) is 21.3. The molecule has 2 atom stereocenters. The number of amides is 1. The molecule has 0 saturated heterocycles. The number of nitrogens with one attached hydrogen (secondary N) is 1. The summed E-state index contributed by atoms with van der Waals surface area (Å²) in [5, 5.41) is 22.4. The topological polar surface area (TPSA) is 122 Å². The number of nitrogens with two attached hydrogens (primary N) is 1. The highest BCUT2D eigenvalue weighted by molar-refractivity contribution is 5.95. The maximum absolute atomic E-state index is 12.2. The number of anilines is 1. The number of hydrogen-bond donors (Lipinski definition) is 2. The van der Waals surface area contributed by atoms with Gasteiger partial charge in [0.2, 0.25) is 5.91 Å². The van der Waals surface area contributed by atoms with Crippen LogP contribution in [0.3, 0.4) is 0 Å². The van der Waals surface area contributed by atoms with E-state index in [2.05, 4.69) is 5.32 Å². The van der Waals surface area contributed by atoms with Crippen LogP contribution in [-0.4, -0.2) is 16.9 Å². The maximum Gasteiger partial charge on any atom is 0.294 e. The van der Waals surface area contributed by atoms with Gasteiger partial charge in [-0.2, -0.15) is 5.26 Å². The molecule has 3 N–H and O–H groups in total. The summed E-state index contributed by atoms with van der Waals surface area (Å²) < 4.78 is 0. The van der Waals surface area contributed by atoms with Crippen molar-refractivity contribution in [2.75, 3.05) is 5.32 Å². The molecule has 0 bridgehead atoms. The van der Waals surface area contributed by atoms with Crippen molar-refractivity contribution < 1.29 is 9.72 Å². The molecule has 1 saturated carbocycles. The lowest BCUT2D eigenvalue weighted by Gasteiger charge is -2.27. The van der Waals surface area contributed by atoms with Gasteiger partial charge in [-0.05, 0) is 25.0 Å². The Morgan fingerprint density at radius 3 is 2.76 bits per heavy atom. The largest absolute Gasteiger partial charge is 0.327 e. The minimum atomic E-state index is -0.614. The standard InChI is InChI=1S/C14H16N4O3/c15-8-9-5-6-12(13(7-9)18(20)21)17-14(19)10-3-1-2-4-11(10)16/h5-7,10-11H,1-4,16H2,(H,17,19). The van der Waals surface area contributed by atoms with Crippen LogP contribution < -0.4 is 11.1 Å². The summed E-state index contributed by atoms with van der Waals surface area (Å²) in [6.07, 6.45) is 3.41. The van der Waals surface area contributed by atoms with Gasteiger partial charge < -0.3 is 11.1 Å². The van der Waals surface area contributed by atoms with Gasteiger partial charge in [-0.15, -0.1) is 0 Å². The van der Waals surface area contributed by atoms with E-state index in [1.54, 1.807) is 0 Å². The van der Waals surface area contributed by atoms with Gasteiger partial charge in [0.1, 0.15) is 5.69 Å². The zero-order chi connectivity index (χ0) is 15.4. The molecule has 0 spiro atoms. The monoisotopic (exact) mass is 288 g/mol. The first-order chi connectivity index (χ1) is 10.0. The molecule has 110 valence electrons. The Morgan fingerprint density at radius 1 is 1.43 bits per heavy atom. The molecule has 2 unspecified atom stereocenters. The smallest absolute Gasteiger partial charge is 0.294 e. The number of nitrogens with zero attached hydrogens (tertiary/aromatic N) is 2. The molecule has 21 heavy (non-hydrogen) atoms. The van der Waals surface area contributed by atoms with Crippen LogP contribution in [0.2, 0.25) is 0 Å². The van der Waals surface area contributed by atoms with Crippen LogP contribution in [-0.2, 0) is 4.79 Å². The van der Waals surface area contributed by atoms with E-state index in [1.807, 2.05) is 6.07 Å². The SMILES string of the molecule is N#Cc1ccc(NC(=O)C2CCCCC2N)c([N+](=O)[O-])c1. The summed E-state index contributed by atoms with van der Waals surface area (Å²) in [4.78, 5) is 22.6. The fourth-order valence-corrected chi connectivity index (χ4v) is 2.57. The molecular weight excluding hydrogens is 272 g/mol. The van der Waals surface area contributed by atoms with Gasteiger partial charge in [-0.3, -0.25) is 14.9 Å². The summed E-state index contributed by atoms with van der Waals surface area (Å²) in [5.74, 6) is -0.621. The van der Waals surface area contributed by atoms with Crippen LogP contribution in [0.15, 0.2) is 18.2 Å². The van der Waals surface area contributed by atoms with Gasteiger partial charge in [-0.25, -0.2) is 0 Å². The average Bonchev–Trinajstić information content (AvgIpc) is 2.47. The minimum Gasteiger partial charge on any atom is -0.327 e. The lowest BCUT2D eigenvalue weighted by molar-refractivity contribution is -0.384. The molecule has 1 aliphatic rings. The van der Waals surface area contributed by atoms with Crippen molar-refractivity contribution >= 4 is 17.3 Å². The third-order valence-electron chi connectivity index (χ3n) is 3.74. The van der Waals surface area contributed by atoms with Crippen LogP contribution >= 0.6 is 0 Å². The molecule has 0 heterocycles. The van der Waals surface area contributed by atoms with Crippen molar-refractivity contribution in [3.8, 4) is 6.07 Å². The van der Waals surface area contributed by atoms with Crippen molar-refractivity contribution in [3.05, 3.63) is 33.9 Å². The van der Waals surface area contributed by atoms with Gasteiger partial charge in [0.25, 0.3) is 5.69 Å². The van der Waals surface area contributed by atoms with Crippen LogP contribution in [0.4, 0.5) is 11.4 Å². The Kier molecular flexibility index (Phi) is 4.50. The van der Waals surface area contributed by atoms with E-state index in [0.29, 0.717) is 6.42 Å². The first-order valence-corrected chi connectivity index (χ1v) is 6.78. The number of nitro benzene ring substituents is 1. The fraction of sp³-hybridized carbons (Fsp3) is 0.429. The van der Waals surface area contributed by atoms with E-state index >= 15 is 0 Å². The number of carbonyl (C=O) groups is 1. The van der Waals surface area contributed by atoms with E-state index in [4.69, 9.17) is 11.0 Å². The molecule has 1 fully saturated rings. The molecule has 2 rings (SSSR count). The molecule has 1 aliphatic carbocycles. The van der Waals surface area contributed by atoms with E-state index in [0.717, 1.165) is 25.3 Å². The highest BCUT2D eigenvalue weighted by Gasteiger charge is 2.29. The number of nitriles is 1. The van der Waals surface area contributed by atoms with Gasteiger partial charge in [0.05, 0.1) is 22.5 Å². The number of rotatable bonds is 3. The minimum absolute atomic E-state index is 0.0989. The molecule has 7 nitrogen and oxygen atoms in total. The molecule has 1 aromatic rings.